The molecule has 0 spiro atoms. The van der Waals surface area contributed by atoms with Crippen molar-refractivity contribution < 1.29 is 4.74 Å². The van der Waals surface area contributed by atoms with Crippen LogP contribution >= 0.6 is 11.6 Å². The highest BCUT2D eigenvalue weighted by molar-refractivity contribution is 6.32. The largest absolute Gasteiger partial charge is 0.397 e. The molecule has 1 aliphatic rings. The van der Waals surface area contributed by atoms with Crippen LogP contribution in [0.2, 0.25) is 5.02 Å². The third kappa shape index (κ3) is 2.39. The first kappa shape index (κ1) is 11.5. The van der Waals surface area contributed by atoms with Crippen molar-refractivity contribution in [2.24, 2.45) is 0 Å². The SMILES string of the molecule is CC[C@@H]1CN(c2cc(N)c(Cl)cn2)CCO1. The minimum absolute atomic E-state index is 0.285. The van der Waals surface area contributed by atoms with Gasteiger partial charge in [-0.1, -0.05) is 18.5 Å². The van der Waals surface area contributed by atoms with E-state index >= 15 is 0 Å². The maximum atomic E-state index is 5.84. The van der Waals surface area contributed by atoms with E-state index in [9.17, 15) is 0 Å². The standard InChI is InChI=1S/C11H16ClN3O/c1-2-8-7-15(3-4-16-8)11-5-10(13)9(12)6-14-11/h5-6,8H,2-4,7H2,1H3,(H2,13,14)/t8-/m1/s1. The normalized spacial score (nSPS) is 21.1. The van der Waals surface area contributed by atoms with Crippen LogP contribution in [0.1, 0.15) is 13.3 Å². The Kier molecular flexibility index (Phi) is 3.51. The molecule has 16 heavy (non-hydrogen) atoms. The Morgan fingerprint density at radius 2 is 2.50 bits per heavy atom. The summed E-state index contributed by atoms with van der Waals surface area (Å²) in [6.45, 7) is 4.58. The predicted molar refractivity (Wildman–Crippen MR) is 65.9 cm³/mol. The first-order valence-corrected chi connectivity index (χ1v) is 5.86. The number of halogens is 1. The van der Waals surface area contributed by atoms with Gasteiger partial charge < -0.3 is 15.4 Å². The molecule has 1 aromatic rings. The van der Waals surface area contributed by atoms with Crippen LogP contribution in [-0.2, 0) is 4.74 Å². The van der Waals surface area contributed by atoms with E-state index in [0.29, 0.717) is 10.7 Å². The molecule has 0 aromatic carbocycles. The van der Waals surface area contributed by atoms with Crippen LogP contribution in [0.4, 0.5) is 11.5 Å². The molecule has 0 saturated carbocycles. The molecule has 0 unspecified atom stereocenters. The summed E-state index contributed by atoms with van der Waals surface area (Å²) in [5, 5.41) is 0.504. The monoisotopic (exact) mass is 241 g/mol. The van der Waals surface area contributed by atoms with Crippen molar-refractivity contribution in [1.82, 2.24) is 4.98 Å². The quantitative estimate of drug-likeness (QED) is 0.860. The third-order valence-electron chi connectivity index (χ3n) is 2.79. The van der Waals surface area contributed by atoms with Crippen LogP contribution in [0.25, 0.3) is 0 Å². The van der Waals surface area contributed by atoms with E-state index in [0.717, 1.165) is 31.9 Å². The number of rotatable bonds is 2. The number of pyridine rings is 1. The molecule has 0 amide bonds. The average molecular weight is 242 g/mol. The fraction of sp³-hybridized carbons (Fsp3) is 0.545. The van der Waals surface area contributed by atoms with E-state index in [1.54, 1.807) is 6.20 Å². The molecule has 1 aromatic heterocycles. The molecule has 0 aliphatic carbocycles. The molecule has 2 heterocycles. The van der Waals surface area contributed by atoms with Crippen molar-refractivity contribution >= 4 is 23.1 Å². The van der Waals surface area contributed by atoms with E-state index in [-0.39, 0.29) is 6.10 Å². The first-order chi connectivity index (χ1) is 7.70. The summed E-state index contributed by atoms with van der Waals surface area (Å²) < 4.78 is 5.61. The highest BCUT2D eigenvalue weighted by Gasteiger charge is 2.20. The van der Waals surface area contributed by atoms with Crippen LogP contribution in [-0.4, -0.2) is 30.8 Å². The van der Waals surface area contributed by atoms with Crippen LogP contribution in [0.5, 0.6) is 0 Å². The Hall–Kier alpha value is -1.00. The van der Waals surface area contributed by atoms with E-state index in [1.807, 2.05) is 6.07 Å². The fourth-order valence-electron chi connectivity index (χ4n) is 1.79. The van der Waals surface area contributed by atoms with Gasteiger partial charge in [-0.05, 0) is 6.42 Å². The van der Waals surface area contributed by atoms with Gasteiger partial charge in [0.1, 0.15) is 5.82 Å². The van der Waals surface area contributed by atoms with E-state index < -0.39 is 0 Å². The number of nitrogens with zero attached hydrogens (tertiary/aromatic N) is 2. The molecule has 1 fully saturated rings. The molecule has 88 valence electrons. The average Bonchev–Trinajstić information content (AvgIpc) is 2.33. The second-order valence-corrected chi connectivity index (χ2v) is 4.32. The van der Waals surface area contributed by atoms with Crippen LogP contribution in [0, 0.1) is 0 Å². The van der Waals surface area contributed by atoms with Gasteiger partial charge in [-0.2, -0.15) is 0 Å². The zero-order chi connectivity index (χ0) is 11.5. The van der Waals surface area contributed by atoms with Gasteiger partial charge in [-0.25, -0.2) is 4.98 Å². The molecule has 4 nitrogen and oxygen atoms in total. The van der Waals surface area contributed by atoms with Crippen molar-refractivity contribution in [2.45, 2.75) is 19.4 Å². The van der Waals surface area contributed by atoms with Crippen molar-refractivity contribution in [3.63, 3.8) is 0 Å². The fourth-order valence-corrected chi connectivity index (χ4v) is 1.89. The van der Waals surface area contributed by atoms with Crippen molar-refractivity contribution in [3.05, 3.63) is 17.3 Å². The summed E-state index contributed by atoms with van der Waals surface area (Å²) >= 11 is 5.84. The summed E-state index contributed by atoms with van der Waals surface area (Å²) in [5.74, 6) is 0.878. The van der Waals surface area contributed by atoms with Gasteiger partial charge in [0.05, 0.1) is 23.4 Å². The highest BCUT2D eigenvalue weighted by atomic mass is 35.5. The van der Waals surface area contributed by atoms with Gasteiger partial charge in [0.25, 0.3) is 0 Å². The van der Waals surface area contributed by atoms with E-state index in [1.165, 1.54) is 0 Å². The smallest absolute Gasteiger partial charge is 0.130 e. The Balaban J connectivity index is 2.13. The minimum Gasteiger partial charge on any atom is -0.397 e. The van der Waals surface area contributed by atoms with Crippen LogP contribution in [0.3, 0.4) is 0 Å². The molecule has 1 atom stereocenters. The summed E-state index contributed by atoms with van der Waals surface area (Å²) in [5.41, 5.74) is 6.34. The number of anilines is 2. The molecule has 0 radical (unpaired) electrons. The predicted octanol–water partition coefficient (Wildman–Crippen LogP) is 1.93. The number of nitrogens with two attached hydrogens (primary N) is 1. The van der Waals surface area contributed by atoms with E-state index in [2.05, 4.69) is 16.8 Å². The lowest BCUT2D eigenvalue weighted by molar-refractivity contribution is 0.0382. The Morgan fingerprint density at radius 1 is 1.69 bits per heavy atom. The number of ether oxygens (including phenoxy) is 1. The number of morpholine rings is 1. The molecular weight excluding hydrogens is 226 g/mol. The van der Waals surface area contributed by atoms with Gasteiger partial charge in [0, 0.05) is 25.4 Å². The zero-order valence-corrected chi connectivity index (χ0v) is 10.1. The molecule has 5 heteroatoms. The van der Waals surface area contributed by atoms with Gasteiger partial charge >= 0.3 is 0 Å². The maximum Gasteiger partial charge on any atom is 0.130 e. The summed E-state index contributed by atoms with van der Waals surface area (Å²) in [7, 11) is 0. The van der Waals surface area contributed by atoms with Gasteiger partial charge in [-0.15, -0.1) is 0 Å². The Morgan fingerprint density at radius 3 is 3.19 bits per heavy atom. The van der Waals surface area contributed by atoms with Crippen molar-refractivity contribution in [3.8, 4) is 0 Å². The van der Waals surface area contributed by atoms with Crippen LogP contribution in [0.15, 0.2) is 12.3 Å². The highest BCUT2D eigenvalue weighted by Crippen LogP contribution is 2.23. The Bertz CT molecular complexity index is 372. The lowest BCUT2D eigenvalue weighted by Gasteiger charge is -2.33. The molecule has 2 rings (SSSR count). The topological polar surface area (TPSA) is 51.4 Å². The van der Waals surface area contributed by atoms with Gasteiger partial charge in [0.2, 0.25) is 0 Å². The maximum absolute atomic E-state index is 5.84. The molecule has 2 N–H and O–H groups in total. The Labute approximate surface area is 100 Å². The molecule has 1 saturated heterocycles. The first-order valence-electron chi connectivity index (χ1n) is 5.48. The van der Waals surface area contributed by atoms with Crippen molar-refractivity contribution in [1.29, 1.82) is 0 Å². The summed E-state index contributed by atoms with van der Waals surface area (Å²) in [4.78, 5) is 6.47. The number of nitrogen functional groups attached to an aromatic ring is 1. The van der Waals surface area contributed by atoms with Crippen LogP contribution < -0.4 is 10.6 Å². The third-order valence-corrected chi connectivity index (χ3v) is 3.10. The number of hydrogen-bond donors (Lipinski definition) is 1. The van der Waals surface area contributed by atoms with Gasteiger partial charge in [0.15, 0.2) is 0 Å². The second kappa shape index (κ2) is 4.89. The summed E-state index contributed by atoms with van der Waals surface area (Å²) in [6, 6.07) is 1.82. The molecule has 0 bridgehead atoms. The zero-order valence-electron chi connectivity index (χ0n) is 9.32. The second-order valence-electron chi connectivity index (χ2n) is 3.91. The summed E-state index contributed by atoms with van der Waals surface area (Å²) in [6.07, 6.45) is 2.90. The molecular formula is C11H16ClN3O. The number of hydrogen-bond acceptors (Lipinski definition) is 4. The molecule has 1 aliphatic heterocycles. The lowest BCUT2D eigenvalue weighted by Crippen LogP contribution is -2.42. The van der Waals surface area contributed by atoms with E-state index in [4.69, 9.17) is 22.1 Å². The minimum atomic E-state index is 0.285. The number of aromatic nitrogens is 1. The lowest BCUT2D eigenvalue weighted by atomic mass is 10.2. The van der Waals surface area contributed by atoms with Crippen molar-refractivity contribution in [2.75, 3.05) is 30.3 Å². The van der Waals surface area contributed by atoms with Gasteiger partial charge in [-0.3, -0.25) is 0 Å².